The molecule has 2 amide bonds. The minimum atomic E-state index is -0.0372. The number of hydrogen-bond donors (Lipinski definition) is 2. The van der Waals surface area contributed by atoms with E-state index in [1.807, 2.05) is 4.90 Å². The molecule has 5 nitrogen and oxygen atoms in total. The van der Waals surface area contributed by atoms with Gasteiger partial charge in [-0.05, 0) is 19.3 Å². The Balaban J connectivity index is 0.00000200. The number of thioether (sulfide) groups is 1. The van der Waals surface area contributed by atoms with E-state index in [1.54, 1.807) is 11.8 Å². The second-order valence-electron chi connectivity index (χ2n) is 5.11. The number of nitrogens with one attached hydrogen (secondary N) is 2. The molecule has 2 aliphatic heterocycles. The van der Waals surface area contributed by atoms with Gasteiger partial charge in [0.2, 0.25) is 11.8 Å². The first-order valence-corrected chi connectivity index (χ1v) is 8.29. The largest absolute Gasteiger partial charge is 0.355 e. The summed E-state index contributed by atoms with van der Waals surface area (Å²) in [4.78, 5) is 25.5. The monoisotopic (exact) mass is 321 g/mol. The van der Waals surface area contributed by atoms with Gasteiger partial charge in [-0.2, -0.15) is 0 Å². The number of carbonyl (C=O) groups excluding carboxylic acids is 2. The molecular formula is C13H24ClN3O2S. The SMILES string of the molecule is Cl.O=C(NCCCN1CCCCCC1=O)C1CSCN1. The summed E-state index contributed by atoms with van der Waals surface area (Å²) >= 11 is 1.75. The first-order chi connectivity index (χ1) is 9.27. The lowest BCUT2D eigenvalue weighted by molar-refractivity contribution is -0.130. The van der Waals surface area contributed by atoms with Gasteiger partial charge in [-0.25, -0.2) is 0 Å². The molecule has 2 rings (SSSR count). The molecule has 0 aliphatic carbocycles. The van der Waals surface area contributed by atoms with Crippen molar-refractivity contribution in [2.45, 2.75) is 38.1 Å². The van der Waals surface area contributed by atoms with Gasteiger partial charge >= 0.3 is 0 Å². The molecule has 2 heterocycles. The highest BCUT2D eigenvalue weighted by atomic mass is 35.5. The molecule has 0 radical (unpaired) electrons. The van der Waals surface area contributed by atoms with Gasteiger partial charge in [-0.3, -0.25) is 14.9 Å². The van der Waals surface area contributed by atoms with Gasteiger partial charge in [0.05, 0.1) is 6.04 Å². The van der Waals surface area contributed by atoms with Crippen molar-refractivity contribution in [3.63, 3.8) is 0 Å². The number of halogens is 1. The minimum absolute atomic E-state index is 0. The van der Waals surface area contributed by atoms with Gasteiger partial charge < -0.3 is 10.2 Å². The molecule has 2 N–H and O–H groups in total. The van der Waals surface area contributed by atoms with Crippen molar-refractivity contribution < 1.29 is 9.59 Å². The Morgan fingerprint density at radius 2 is 2.25 bits per heavy atom. The molecule has 2 saturated heterocycles. The molecule has 0 saturated carbocycles. The number of likely N-dealkylation sites (tertiary alicyclic amines) is 1. The van der Waals surface area contributed by atoms with Crippen LogP contribution in [0.5, 0.6) is 0 Å². The van der Waals surface area contributed by atoms with Crippen LogP contribution in [-0.4, -0.2) is 54.0 Å². The molecule has 7 heteroatoms. The first-order valence-electron chi connectivity index (χ1n) is 7.14. The fourth-order valence-electron chi connectivity index (χ4n) is 2.44. The molecule has 1 atom stereocenters. The normalized spacial score (nSPS) is 23.1. The van der Waals surface area contributed by atoms with Gasteiger partial charge in [-0.1, -0.05) is 6.42 Å². The molecule has 0 aromatic heterocycles. The Bertz CT molecular complexity index is 325. The first kappa shape index (κ1) is 17.6. The topological polar surface area (TPSA) is 61.4 Å². The molecule has 0 bridgehead atoms. The van der Waals surface area contributed by atoms with Crippen LogP contribution in [0.3, 0.4) is 0 Å². The highest BCUT2D eigenvalue weighted by Gasteiger charge is 2.22. The maximum atomic E-state index is 11.8. The standard InChI is InChI=1S/C13H23N3O2S.ClH/c17-12-5-2-1-3-7-16(12)8-4-6-14-13(18)11-9-19-10-15-11;/h11,15H,1-10H2,(H,14,18);1H. The highest BCUT2D eigenvalue weighted by molar-refractivity contribution is 7.99. The van der Waals surface area contributed by atoms with E-state index in [9.17, 15) is 9.59 Å². The predicted molar refractivity (Wildman–Crippen MR) is 84.2 cm³/mol. The summed E-state index contributed by atoms with van der Waals surface area (Å²) in [6.45, 7) is 2.31. The van der Waals surface area contributed by atoms with E-state index in [0.29, 0.717) is 13.0 Å². The molecule has 2 fully saturated rings. The minimum Gasteiger partial charge on any atom is -0.355 e. The molecule has 0 aromatic carbocycles. The van der Waals surface area contributed by atoms with Crippen LogP contribution in [0.4, 0.5) is 0 Å². The second-order valence-corrected chi connectivity index (χ2v) is 6.14. The molecule has 0 spiro atoms. The van der Waals surface area contributed by atoms with Crippen LogP contribution in [0.25, 0.3) is 0 Å². The van der Waals surface area contributed by atoms with E-state index in [1.165, 1.54) is 0 Å². The van der Waals surface area contributed by atoms with Crippen LogP contribution in [0.2, 0.25) is 0 Å². The highest BCUT2D eigenvalue weighted by Crippen LogP contribution is 2.11. The van der Waals surface area contributed by atoms with E-state index in [4.69, 9.17) is 0 Å². The molecule has 1 unspecified atom stereocenters. The van der Waals surface area contributed by atoms with Crippen LogP contribution >= 0.6 is 24.2 Å². The predicted octanol–water partition coefficient (Wildman–Crippen LogP) is 0.980. The third kappa shape index (κ3) is 5.50. The van der Waals surface area contributed by atoms with E-state index >= 15 is 0 Å². The Hall–Kier alpha value is -0.460. The van der Waals surface area contributed by atoms with Crippen molar-refractivity contribution in [2.24, 2.45) is 0 Å². The van der Waals surface area contributed by atoms with Gasteiger partial charge in [-0.15, -0.1) is 24.2 Å². The van der Waals surface area contributed by atoms with E-state index in [2.05, 4.69) is 10.6 Å². The Morgan fingerprint density at radius 1 is 1.40 bits per heavy atom. The molecule has 0 aromatic rings. The maximum absolute atomic E-state index is 11.8. The Labute approximate surface area is 131 Å². The summed E-state index contributed by atoms with van der Waals surface area (Å²) < 4.78 is 0. The zero-order valence-corrected chi connectivity index (χ0v) is 13.4. The van der Waals surface area contributed by atoms with Gasteiger partial charge in [0, 0.05) is 37.7 Å². The van der Waals surface area contributed by atoms with Crippen LogP contribution < -0.4 is 10.6 Å². The number of rotatable bonds is 5. The average Bonchev–Trinajstić information content (AvgIpc) is 2.87. The van der Waals surface area contributed by atoms with Crippen LogP contribution in [0.1, 0.15) is 32.1 Å². The molecule has 116 valence electrons. The number of nitrogens with zero attached hydrogens (tertiary/aromatic N) is 1. The number of amides is 2. The van der Waals surface area contributed by atoms with Crippen molar-refractivity contribution in [1.29, 1.82) is 0 Å². The summed E-state index contributed by atoms with van der Waals surface area (Å²) in [6.07, 6.45) is 4.83. The van der Waals surface area contributed by atoms with E-state index in [0.717, 1.165) is 50.4 Å². The molecular weight excluding hydrogens is 298 g/mol. The smallest absolute Gasteiger partial charge is 0.238 e. The van der Waals surface area contributed by atoms with Gasteiger partial charge in [0.1, 0.15) is 0 Å². The quantitative estimate of drug-likeness (QED) is 0.741. The zero-order valence-electron chi connectivity index (χ0n) is 11.7. The lowest BCUT2D eigenvalue weighted by Crippen LogP contribution is -2.43. The molecule has 2 aliphatic rings. The third-order valence-electron chi connectivity index (χ3n) is 3.61. The van der Waals surface area contributed by atoms with Crippen LogP contribution in [0.15, 0.2) is 0 Å². The fourth-order valence-corrected chi connectivity index (χ4v) is 3.39. The summed E-state index contributed by atoms with van der Waals surface area (Å²) in [5.41, 5.74) is 0. The average molecular weight is 322 g/mol. The second kappa shape index (κ2) is 9.47. The summed E-state index contributed by atoms with van der Waals surface area (Å²) in [6, 6.07) is -0.0372. The van der Waals surface area contributed by atoms with Gasteiger partial charge in [0.15, 0.2) is 0 Å². The Kier molecular flexibility index (Phi) is 8.33. The van der Waals surface area contributed by atoms with Crippen molar-refractivity contribution in [3.05, 3.63) is 0 Å². The summed E-state index contributed by atoms with van der Waals surface area (Å²) in [7, 11) is 0. The van der Waals surface area contributed by atoms with E-state index < -0.39 is 0 Å². The van der Waals surface area contributed by atoms with Crippen molar-refractivity contribution in [3.8, 4) is 0 Å². The number of carbonyl (C=O) groups is 2. The van der Waals surface area contributed by atoms with Crippen molar-refractivity contribution >= 4 is 36.0 Å². The van der Waals surface area contributed by atoms with Crippen LogP contribution in [-0.2, 0) is 9.59 Å². The molecule has 20 heavy (non-hydrogen) atoms. The third-order valence-corrected chi connectivity index (χ3v) is 4.55. The van der Waals surface area contributed by atoms with Crippen molar-refractivity contribution in [1.82, 2.24) is 15.5 Å². The summed E-state index contributed by atoms with van der Waals surface area (Å²) in [5.74, 6) is 2.08. The van der Waals surface area contributed by atoms with Crippen molar-refractivity contribution in [2.75, 3.05) is 31.3 Å². The maximum Gasteiger partial charge on any atom is 0.238 e. The number of hydrogen-bond acceptors (Lipinski definition) is 4. The van der Waals surface area contributed by atoms with Gasteiger partial charge in [0.25, 0.3) is 0 Å². The van der Waals surface area contributed by atoms with E-state index in [-0.39, 0.29) is 30.3 Å². The summed E-state index contributed by atoms with van der Waals surface area (Å²) in [5, 5.41) is 6.09. The Morgan fingerprint density at radius 3 is 3.00 bits per heavy atom. The lowest BCUT2D eigenvalue weighted by Gasteiger charge is -2.20. The zero-order chi connectivity index (χ0) is 13.5. The fraction of sp³-hybridized carbons (Fsp3) is 0.846. The van der Waals surface area contributed by atoms with Crippen LogP contribution in [0, 0.1) is 0 Å². The lowest BCUT2D eigenvalue weighted by atomic mass is 10.2.